The number of aliphatic hydroxyl groups is 1. The summed E-state index contributed by atoms with van der Waals surface area (Å²) in [5, 5.41) is 11.2. The van der Waals surface area contributed by atoms with Gasteiger partial charge in [-0.25, -0.2) is 4.79 Å². The normalized spacial score (nSPS) is 20.5. The number of methoxy groups -OCH3 is 2. The summed E-state index contributed by atoms with van der Waals surface area (Å²) in [6.45, 7) is 1.63. The lowest BCUT2D eigenvalue weighted by molar-refractivity contribution is -0.135. The van der Waals surface area contributed by atoms with Crippen molar-refractivity contribution < 1.29 is 24.2 Å². The fourth-order valence-electron chi connectivity index (χ4n) is 3.29. The number of ether oxygens (including phenoxy) is 2. The van der Waals surface area contributed by atoms with Crippen LogP contribution in [0.5, 0.6) is 5.75 Å². The van der Waals surface area contributed by atoms with Crippen molar-refractivity contribution in [2.24, 2.45) is 5.92 Å². The average Bonchev–Trinajstić information content (AvgIpc) is 3.19. The standard InChI is InChI=1S/C22H21ClO5S/c1-22(26,14-6-8-15(23)9-7-14)17-12-18(21(25)28-3)29-20(17)19(24)13-4-10-16(27-2)11-5-13/h4-12,17,20,26H,1-3H3/t17-,20-,22?/m1/s1. The maximum Gasteiger partial charge on any atom is 0.344 e. The van der Waals surface area contributed by atoms with Gasteiger partial charge in [0.1, 0.15) is 5.75 Å². The van der Waals surface area contributed by atoms with E-state index in [1.54, 1.807) is 68.6 Å². The lowest BCUT2D eigenvalue weighted by Crippen LogP contribution is -2.39. The molecule has 2 aromatic rings. The maximum atomic E-state index is 13.3. The molecule has 1 aliphatic heterocycles. The van der Waals surface area contributed by atoms with Gasteiger partial charge in [0.05, 0.1) is 30.0 Å². The Morgan fingerprint density at radius 2 is 1.69 bits per heavy atom. The fourth-order valence-corrected chi connectivity index (χ4v) is 4.83. The van der Waals surface area contributed by atoms with E-state index in [2.05, 4.69) is 0 Å². The Labute approximate surface area is 178 Å². The predicted octanol–water partition coefficient (Wildman–Crippen LogP) is 4.23. The highest BCUT2D eigenvalue weighted by molar-refractivity contribution is 8.05. The first-order valence-electron chi connectivity index (χ1n) is 8.91. The first-order chi connectivity index (χ1) is 13.8. The number of thioether (sulfide) groups is 1. The molecule has 0 aromatic heterocycles. The number of ketones is 1. The second-order valence-electron chi connectivity index (χ2n) is 6.83. The van der Waals surface area contributed by atoms with Gasteiger partial charge in [0.2, 0.25) is 0 Å². The SMILES string of the molecule is COC(=O)C1=C[C@@H](C(C)(O)c2ccc(Cl)cc2)[C@H](C(=O)c2ccc(OC)cc2)S1. The summed E-state index contributed by atoms with van der Waals surface area (Å²) in [6, 6.07) is 13.5. The quantitative estimate of drug-likeness (QED) is 0.544. The lowest BCUT2D eigenvalue weighted by atomic mass is 9.79. The van der Waals surface area contributed by atoms with Crippen LogP contribution >= 0.6 is 23.4 Å². The molecule has 1 heterocycles. The highest BCUT2D eigenvalue weighted by Gasteiger charge is 2.46. The molecule has 5 nitrogen and oxygen atoms in total. The van der Waals surface area contributed by atoms with Crippen LogP contribution in [0, 0.1) is 5.92 Å². The van der Waals surface area contributed by atoms with Gasteiger partial charge in [-0.1, -0.05) is 29.8 Å². The second-order valence-corrected chi connectivity index (χ2v) is 8.45. The minimum atomic E-state index is -1.40. The molecule has 1 unspecified atom stereocenters. The average molecular weight is 433 g/mol. The number of hydrogen-bond acceptors (Lipinski definition) is 6. The number of carbonyl (C=O) groups excluding carboxylic acids is 2. The molecule has 0 aliphatic carbocycles. The molecule has 152 valence electrons. The molecule has 0 fully saturated rings. The zero-order valence-corrected chi connectivity index (χ0v) is 17.8. The highest BCUT2D eigenvalue weighted by atomic mass is 35.5. The van der Waals surface area contributed by atoms with Gasteiger partial charge in [-0.15, -0.1) is 11.8 Å². The van der Waals surface area contributed by atoms with Crippen molar-refractivity contribution in [3.63, 3.8) is 0 Å². The van der Waals surface area contributed by atoms with Crippen LogP contribution in [-0.2, 0) is 15.1 Å². The number of hydrogen-bond donors (Lipinski definition) is 1. The molecule has 29 heavy (non-hydrogen) atoms. The van der Waals surface area contributed by atoms with Gasteiger partial charge in [0, 0.05) is 16.5 Å². The van der Waals surface area contributed by atoms with Gasteiger partial charge < -0.3 is 14.6 Å². The first kappa shape index (κ1) is 21.4. The second kappa shape index (κ2) is 8.61. The third-order valence-electron chi connectivity index (χ3n) is 5.01. The van der Waals surface area contributed by atoms with Gasteiger partial charge in [-0.05, 0) is 48.9 Å². The minimum Gasteiger partial charge on any atom is -0.497 e. The van der Waals surface area contributed by atoms with Crippen LogP contribution in [0.15, 0.2) is 59.5 Å². The Balaban J connectivity index is 1.98. The Morgan fingerprint density at radius 1 is 1.07 bits per heavy atom. The summed E-state index contributed by atoms with van der Waals surface area (Å²) in [5.74, 6) is -0.722. The van der Waals surface area contributed by atoms with E-state index in [1.807, 2.05) is 0 Å². The molecule has 3 atom stereocenters. The molecule has 0 spiro atoms. The van der Waals surface area contributed by atoms with Crippen LogP contribution in [-0.4, -0.2) is 36.3 Å². The van der Waals surface area contributed by atoms with Crippen molar-refractivity contribution in [3.05, 3.63) is 75.7 Å². The van der Waals surface area contributed by atoms with Crippen LogP contribution < -0.4 is 4.74 Å². The molecule has 0 radical (unpaired) electrons. The van der Waals surface area contributed by atoms with Crippen LogP contribution in [0.1, 0.15) is 22.8 Å². The van der Waals surface area contributed by atoms with E-state index in [0.717, 1.165) is 11.8 Å². The van der Waals surface area contributed by atoms with Gasteiger partial charge in [-0.2, -0.15) is 0 Å². The Bertz CT molecular complexity index is 935. The maximum absolute atomic E-state index is 13.3. The van der Waals surface area contributed by atoms with E-state index in [-0.39, 0.29) is 5.78 Å². The fraction of sp³-hybridized carbons (Fsp3) is 0.273. The monoisotopic (exact) mass is 432 g/mol. The van der Waals surface area contributed by atoms with E-state index < -0.39 is 22.7 Å². The number of Topliss-reactive ketones (excluding diaryl/α,β-unsaturated/α-hetero) is 1. The zero-order valence-electron chi connectivity index (χ0n) is 16.2. The zero-order chi connectivity index (χ0) is 21.2. The third kappa shape index (κ3) is 4.34. The molecule has 0 bridgehead atoms. The van der Waals surface area contributed by atoms with Crippen molar-refractivity contribution in [3.8, 4) is 5.75 Å². The molecule has 1 aliphatic rings. The van der Waals surface area contributed by atoms with Gasteiger partial charge >= 0.3 is 5.97 Å². The van der Waals surface area contributed by atoms with E-state index in [9.17, 15) is 14.7 Å². The first-order valence-corrected chi connectivity index (χ1v) is 10.2. The molecule has 3 rings (SSSR count). The van der Waals surface area contributed by atoms with E-state index in [1.165, 1.54) is 7.11 Å². The Kier molecular flexibility index (Phi) is 6.36. The van der Waals surface area contributed by atoms with Crippen molar-refractivity contribution >= 4 is 35.1 Å². The van der Waals surface area contributed by atoms with Gasteiger partial charge in [-0.3, -0.25) is 4.79 Å². The van der Waals surface area contributed by atoms with Crippen LogP contribution in [0.3, 0.4) is 0 Å². The number of halogens is 1. The highest BCUT2D eigenvalue weighted by Crippen LogP contribution is 2.47. The Hall–Kier alpha value is -2.28. The van der Waals surface area contributed by atoms with Crippen LogP contribution in [0.25, 0.3) is 0 Å². The van der Waals surface area contributed by atoms with E-state index in [0.29, 0.717) is 26.8 Å². The van der Waals surface area contributed by atoms with E-state index >= 15 is 0 Å². The van der Waals surface area contributed by atoms with Crippen LogP contribution in [0.4, 0.5) is 0 Å². The summed E-state index contributed by atoms with van der Waals surface area (Å²) < 4.78 is 9.97. The van der Waals surface area contributed by atoms with Crippen molar-refractivity contribution in [1.82, 2.24) is 0 Å². The Morgan fingerprint density at radius 3 is 2.24 bits per heavy atom. The molecule has 0 saturated heterocycles. The molecule has 0 saturated carbocycles. The summed E-state index contributed by atoms with van der Waals surface area (Å²) in [4.78, 5) is 25.7. The lowest BCUT2D eigenvalue weighted by Gasteiger charge is -2.33. The number of carbonyl (C=O) groups is 2. The van der Waals surface area contributed by atoms with Crippen molar-refractivity contribution in [2.75, 3.05) is 14.2 Å². The largest absolute Gasteiger partial charge is 0.497 e. The van der Waals surface area contributed by atoms with Crippen molar-refractivity contribution in [1.29, 1.82) is 0 Å². The predicted molar refractivity (Wildman–Crippen MR) is 113 cm³/mol. The molecule has 2 aromatic carbocycles. The topological polar surface area (TPSA) is 72.8 Å². The van der Waals surface area contributed by atoms with Gasteiger partial charge in [0.15, 0.2) is 5.78 Å². The smallest absolute Gasteiger partial charge is 0.344 e. The summed E-state index contributed by atoms with van der Waals surface area (Å²) in [6.07, 6.45) is 1.62. The summed E-state index contributed by atoms with van der Waals surface area (Å²) in [7, 11) is 2.84. The van der Waals surface area contributed by atoms with E-state index in [4.69, 9.17) is 21.1 Å². The molecular weight excluding hydrogens is 412 g/mol. The molecule has 7 heteroatoms. The van der Waals surface area contributed by atoms with Crippen LogP contribution in [0.2, 0.25) is 5.02 Å². The third-order valence-corrected chi connectivity index (χ3v) is 6.58. The van der Waals surface area contributed by atoms with Crippen molar-refractivity contribution in [2.45, 2.75) is 17.8 Å². The molecular formula is C22H21ClO5S. The molecule has 1 N–H and O–H groups in total. The summed E-state index contributed by atoms with van der Waals surface area (Å²) >= 11 is 7.07. The van der Waals surface area contributed by atoms with Gasteiger partial charge in [0.25, 0.3) is 0 Å². The number of rotatable bonds is 6. The number of esters is 1. The molecule has 0 amide bonds. The number of benzene rings is 2. The minimum absolute atomic E-state index is 0.188. The summed E-state index contributed by atoms with van der Waals surface area (Å²) in [5.41, 5.74) is -0.331.